The fourth-order valence-corrected chi connectivity index (χ4v) is 2.81. The average Bonchev–Trinajstić information content (AvgIpc) is 2.95. The van der Waals surface area contributed by atoms with Gasteiger partial charge in [0.05, 0.1) is 16.4 Å². The van der Waals surface area contributed by atoms with Crippen molar-refractivity contribution in [2.24, 2.45) is 7.05 Å². The van der Waals surface area contributed by atoms with Crippen LogP contribution in [0, 0.1) is 5.82 Å². The van der Waals surface area contributed by atoms with Gasteiger partial charge in [-0.2, -0.15) is 5.10 Å². The molecule has 0 unspecified atom stereocenters. The number of hydrogen-bond donors (Lipinski definition) is 1. The van der Waals surface area contributed by atoms with E-state index < -0.39 is 0 Å². The Morgan fingerprint density at radius 3 is 3.11 bits per heavy atom. The predicted octanol–water partition coefficient (Wildman–Crippen LogP) is 2.82. The minimum absolute atomic E-state index is 0.224. The van der Waals surface area contributed by atoms with Gasteiger partial charge < -0.3 is 5.32 Å². The lowest BCUT2D eigenvalue weighted by molar-refractivity contribution is 0.630. The first-order chi connectivity index (χ1) is 9.20. The third-order valence-corrected chi connectivity index (χ3v) is 3.77. The molecule has 0 radical (unpaired) electrons. The molecule has 0 aliphatic rings. The van der Waals surface area contributed by atoms with Gasteiger partial charge in [0.25, 0.3) is 0 Å². The summed E-state index contributed by atoms with van der Waals surface area (Å²) in [4.78, 5) is 4.41. The number of aryl methyl sites for hydroxylation is 1. The molecule has 0 saturated carbocycles. The molecule has 3 rings (SSSR count). The quantitative estimate of drug-likeness (QED) is 0.797. The highest BCUT2D eigenvalue weighted by atomic mass is 32.1. The number of halogens is 1. The van der Waals surface area contributed by atoms with Gasteiger partial charge in [0, 0.05) is 19.8 Å². The number of anilines is 1. The highest BCUT2D eigenvalue weighted by Crippen LogP contribution is 2.26. The van der Waals surface area contributed by atoms with E-state index in [4.69, 9.17) is 0 Å². The fourth-order valence-electron chi connectivity index (χ4n) is 1.89. The Kier molecular flexibility index (Phi) is 3.16. The van der Waals surface area contributed by atoms with Crippen LogP contribution in [-0.4, -0.2) is 21.3 Å². The van der Waals surface area contributed by atoms with Crippen LogP contribution in [0.2, 0.25) is 0 Å². The minimum atomic E-state index is -0.224. The van der Waals surface area contributed by atoms with Crippen LogP contribution in [0.5, 0.6) is 0 Å². The van der Waals surface area contributed by atoms with E-state index in [1.165, 1.54) is 29.0 Å². The van der Waals surface area contributed by atoms with E-state index in [0.717, 1.165) is 28.3 Å². The summed E-state index contributed by atoms with van der Waals surface area (Å²) in [6.07, 6.45) is 4.74. The average molecular weight is 276 g/mol. The summed E-state index contributed by atoms with van der Waals surface area (Å²) in [6.45, 7) is 0.786. The largest absolute Gasteiger partial charge is 0.361 e. The first-order valence-electron chi connectivity index (χ1n) is 5.98. The molecule has 0 fully saturated rings. The van der Waals surface area contributed by atoms with E-state index >= 15 is 0 Å². The third kappa shape index (κ3) is 2.73. The van der Waals surface area contributed by atoms with Crippen LogP contribution >= 0.6 is 11.3 Å². The smallest absolute Gasteiger partial charge is 0.183 e. The van der Waals surface area contributed by atoms with Gasteiger partial charge in [-0.05, 0) is 30.2 Å². The number of rotatable bonds is 4. The SMILES string of the molecule is Cn1cc(CCNc2nc3ccc(F)cc3s2)cn1. The third-order valence-electron chi connectivity index (χ3n) is 2.80. The van der Waals surface area contributed by atoms with Crippen molar-refractivity contribution >= 4 is 26.7 Å². The van der Waals surface area contributed by atoms with Gasteiger partial charge in [0.1, 0.15) is 5.82 Å². The summed E-state index contributed by atoms with van der Waals surface area (Å²) < 4.78 is 15.7. The van der Waals surface area contributed by atoms with Crippen LogP contribution in [0.25, 0.3) is 10.2 Å². The van der Waals surface area contributed by atoms with E-state index in [1.807, 2.05) is 19.4 Å². The van der Waals surface area contributed by atoms with Gasteiger partial charge >= 0.3 is 0 Å². The van der Waals surface area contributed by atoms with Gasteiger partial charge in [0.15, 0.2) is 5.13 Å². The number of aromatic nitrogens is 3. The molecule has 98 valence electrons. The van der Waals surface area contributed by atoms with Crippen molar-refractivity contribution in [1.82, 2.24) is 14.8 Å². The molecule has 19 heavy (non-hydrogen) atoms. The van der Waals surface area contributed by atoms with E-state index in [1.54, 1.807) is 10.7 Å². The summed E-state index contributed by atoms with van der Waals surface area (Å²) in [5.41, 5.74) is 2.01. The lowest BCUT2D eigenvalue weighted by atomic mass is 10.2. The highest BCUT2D eigenvalue weighted by Gasteiger charge is 2.04. The van der Waals surface area contributed by atoms with Gasteiger partial charge in [-0.3, -0.25) is 4.68 Å². The molecule has 1 aromatic carbocycles. The zero-order valence-electron chi connectivity index (χ0n) is 10.4. The molecule has 3 aromatic rings. The topological polar surface area (TPSA) is 42.7 Å². The van der Waals surface area contributed by atoms with Crippen LogP contribution in [0.4, 0.5) is 9.52 Å². The van der Waals surface area contributed by atoms with Gasteiger partial charge in [0.2, 0.25) is 0 Å². The van der Waals surface area contributed by atoms with Gasteiger partial charge in [-0.25, -0.2) is 9.37 Å². The first-order valence-corrected chi connectivity index (χ1v) is 6.80. The molecule has 0 aliphatic heterocycles. The number of fused-ring (bicyclic) bond motifs is 1. The van der Waals surface area contributed by atoms with Crippen molar-refractivity contribution in [2.45, 2.75) is 6.42 Å². The van der Waals surface area contributed by atoms with Crippen molar-refractivity contribution in [3.63, 3.8) is 0 Å². The Morgan fingerprint density at radius 1 is 1.42 bits per heavy atom. The molecular formula is C13H13FN4S. The van der Waals surface area contributed by atoms with E-state index in [-0.39, 0.29) is 5.82 Å². The van der Waals surface area contributed by atoms with Crippen molar-refractivity contribution < 1.29 is 4.39 Å². The zero-order chi connectivity index (χ0) is 13.2. The summed E-state index contributed by atoms with van der Waals surface area (Å²) in [5, 5.41) is 8.20. The molecule has 4 nitrogen and oxygen atoms in total. The van der Waals surface area contributed by atoms with Gasteiger partial charge in [-0.1, -0.05) is 11.3 Å². The molecule has 6 heteroatoms. The molecule has 0 atom stereocenters. The monoisotopic (exact) mass is 276 g/mol. The maximum Gasteiger partial charge on any atom is 0.183 e. The molecule has 0 saturated heterocycles. The number of nitrogens with zero attached hydrogens (tertiary/aromatic N) is 3. The molecule has 0 bridgehead atoms. The number of thiazole rings is 1. The Morgan fingerprint density at radius 2 is 2.32 bits per heavy atom. The van der Waals surface area contributed by atoms with Crippen molar-refractivity contribution in [1.29, 1.82) is 0 Å². The zero-order valence-corrected chi connectivity index (χ0v) is 11.2. The van der Waals surface area contributed by atoms with E-state index in [0.29, 0.717) is 0 Å². The molecule has 0 aliphatic carbocycles. The predicted molar refractivity (Wildman–Crippen MR) is 75.0 cm³/mol. The minimum Gasteiger partial charge on any atom is -0.361 e. The summed E-state index contributed by atoms with van der Waals surface area (Å²) in [5.74, 6) is -0.224. The Hall–Kier alpha value is -1.95. The standard InChI is InChI=1S/C13H13FN4S/c1-18-8-9(7-16-18)4-5-15-13-17-11-3-2-10(14)6-12(11)19-13/h2-3,6-8H,4-5H2,1H3,(H,15,17). The lowest BCUT2D eigenvalue weighted by Crippen LogP contribution is -2.03. The highest BCUT2D eigenvalue weighted by molar-refractivity contribution is 7.22. The van der Waals surface area contributed by atoms with Crippen LogP contribution in [0.3, 0.4) is 0 Å². The van der Waals surface area contributed by atoms with E-state index in [2.05, 4.69) is 15.4 Å². The Labute approximate surface area is 113 Å². The maximum absolute atomic E-state index is 13.1. The van der Waals surface area contributed by atoms with Crippen molar-refractivity contribution in [3.8, 4) is 0 Å². The van der Waals surface area contributed by atoms with Gasteiger partial charge in [-0.15, -0.1) is 0 Å². The first kappa shape index (κ1) is 12.1. The Bertz CT molecular complexity index is 704. The number of hydrogen-bond acceptors (Lipinski definition) is 4. The number of benzene rings is 1. The molecular weight excluding hydrogens is 263 g/mol. The van der Waals surface area contributed by atoms with Crippen molar-refractivity contribution in [2.75, 3.05) is 11.9 Å². The molecule has 1 N–H and O–H groups in total. The van der Waals surface area contributed by atoms with Crippen LogP contribution in [0.15, 0.2) is 30.6 Å². The molecule has 2 aromatic heterocycles. The fraction of sp³-hybridized carbons (Fsp3) is 0.231. The summed E-state index contributed by atoms with van der Waals surface area (Å²) in [6, 6.07) is 4.65. The second-order valence-electron chi connectivity index (χ2n) is 4.33. The lowest BCUT2D eigenvalue weighted by Gasteiger charge is -1.99. The molecule has 0 amide bonds. The van der Waals surface area contributed by atoms with E-state index in [9.17, 15) is 4.39 Å². The summed E-state index contributed by atoms with van der Waals surface area (Å²) in [7, 11) is 1.90. The maximum atomic E-state index is 13.1. The normalized spacial score (nSPS) is 11.1. The van der Waals surface area contributed by atoms with Crippen LogP contribution in [0.1, 0.15) is 5.56 Å². The molecule has 0 spiro atoms. The Balaban J connectivity index is 1.65. The second-order valence-corrected chi connectivity index (χ2v) is 5.36. The second kappa shape index (κ2) is 4.97. The van der Waals surface area contributed by atoms with Crippen LogP contribution < -0.4 is 5.32 Å². The van der Waals surface area contributed by atoms with Crippen molar-refractivity contribution in [3.05, 3.63) is 42.0 Å². The molecule has 2 heterocycles. The summed E-state index contributed by atoms with van der Waals surface area (Å²) >= 11 is 1.47. The van der Waals surface area contributed by atoms with Crippen LogP contribution in [-0.2, 0) is 13.5 Å². The number of nitrogens with one attached hydrogen (secondary N) is 1.